The summed E-state index contributed by atoms with van der Waals surface area (Å²) in [5.41, 5.74) is 2.07. The highest BCUT2D eigenvalue weighted by Gasteiger charge is 2.21. The molecule has 1 amide bonds. The Morgan fingerprint density at radius 3 is 2.71 bits per heavy atom. The van der Waals surface area contributed by atoms with Gasteiger partial charge in [-0.3, -0.25) is 9.00 Å². The zero-order chi connectivity index (χ0) is 15.4. The third-order valence-corrected chi connectivity index (χ3v) is 4.80. The Morgan fingerprint density at radius 2 is 2.10 bits per heavy atom. The Hall–Kier alpha value is -1.95. The predicted molar refractivity (Wildman–Crippen MR) is 82.4 cm³/mol. The molecule has 0 spiro atoms. The van der Waals surface area contributed by atoms with Gasteiger partial charge < -0.3 is 9.84 Å². The highest BCUT2D eigenvalue weighted by Crippen LogP contribution is 2.14. The molecule has 0 saturated heterocycles. The first kappa shape index (κ1) is 15.4. The van der Waals surface area contributed by atoms with Gasteiger partial charge in [-0.05, 0) is 31.9 Å². The van der Waals surface area contributed by atoms with Gasteiger partial charge >= 0.3 is 0 Å². The summed E-state index contributed by atoms with van der Waals surface area (Å²) in [6.07, 6.45) is 0. The van der Waals surface area contributed by atoms with Crippen molar-refractivity contribution in [3.8, 4) is 0 Å². The average molecular weight is 306 g/mol. The molecule has 2 aromatic rings. The number of aromatic nitrogens is 1. The van der Waals surface area contributed by atoms with E-state index in [1.165, 1.54) is 0 Å². The zero-order valence-electron chi connectivity index (χ0n) is 12.3. The van der Waals surface area contributed by atoms with Crippen molar-refractivity contribution in [2.75, 3.05) is 5.32 Å². The molecule has 0 radical (unpaired) electrons. The van der Waals surface area contributed by atoms with Crippen LogP contribution in [0.4, 0.5) is 5.82 Å². The molecule has 21 heavy (non-hydrogen) atoms. The van der Waals surface area contributed by atoms with E-state index in [4.69, 9.17) is 4.52 Å². The first-order valence-corrected chi connectivity index (χ1v) is 8.01. The number of hydrogen-bond donors (Lipinski definition) is 1. The number of hydrogen-bond acceptors (Lipinski definition) is 4. The third-order valence-electron chi connectivity index (χ3n) is 3.20. The number of anilines is 1. The highest BCUT2D eigenvalue weighted by atomic mass is 32.2. The number of benzene rings is 1. The smallest absolute Gasteiger partial charge is 0.241 e. The standard InChI is InChI=1S/C15H18N2O3S/c1-10-6-4-5-7-13(10)9-21(19)12(3)15(18)16-14-8-11(2)20-17-14/h4-8,12H,9H2,1-3H3,(H,16,17,18)/t12-,21+/m0/s1. The van der Waals surface area contributed by atoms with E-state index in [9.17, 15) is 9.00 Å². The first-order valence-electron chi connectivity index (χ1n) is 6.63. The van der Waals surface area contributed by atoms with E-state index in [2.05, 4.69) is 10.5 Å². The fourth-order valence-corrected chi connectivity index (χ4v) is 3.00. The second-order valence-corrected chi connectivity index (χ2v) is 6.66. The fraction of sp³-hybridized carbons (Fsp3) is 0.333. The van der Waals surface area contributed by atoms with Gasteiger partial charge in [-0.25, -0.2) is 0 Å². The molecule has 2 atom stereocenters. The van der Waals surface area contributed by atoms with E-state index in [1.807, 2.05) is 31.2 Å². The molecule has 6 heteroatoms. The normalized spacial score (nSPS) is 13.7. The number of nitrogens with one attached hydrogen (secondary N) is 1. The van der Waals surface area contributed by atoms with Crippen LogP contribution in [-0.2, 0) is 21.3 Å². The van der Waals surface area contributed by atoms with Gasteiger partial charge in [0.25, 0.3) is 0 Å². The number of carbonyl (C=O) groups excluding carboxylic acids is 1. The summed E-state index contributed by atoms with van der Waals surface area (Å²) in [6, 6.07) is 9.36. The van der Waals surface area contributed by atoms with Crippen molar-refractivity contribution in [3.05, 3.63) is 47.2 Å². The lowest BCUT2D eigenvalue weighted by atomic mass is 10.1. The van der Waals surface area contributed by atoms with E-state index in [0.29, 0.717) is 17.3 Å². The molecule has 1 aromatic carbocycles. The second-order valence-electron chi connectivity index (χ2n) is 4.91. The quantitative estimate of drug-likeness (QED) is 0.921. The topological polar surface area (TPSA) is 72.2 Å². The van der Waals surface area contributed by atoms with Crippen LogP contribution in [0.25, 0.3) is 0 Å². The van der Waals surface area contributed by atoms with Gasteiger partial charge in [0, 0.05) is 22.6 Å². The van der Waals surface area contributed by atoms with Crippen molar-refractivity contribution < 1.29 is 13.5 Å². The van der Waals surface area contributed by atoms with Gasteiger partial charge in [-0.15, -0.1) is 0 Å². The molecule has 0 aliphatic carbocycles. The van der Waals surface area contributed by atoms with E-state index >= 15 is 0 Å². The van der Waals surface area contributed by atoms with Crippen molar-refractivity contribution in [1.29, 1.82) is 0 Å². The second kappa shape index (κ2) is 6.67. The van der Waals surface area contributed by atoms with Crippen LogP contribution >= 0.6 is 0 Å². The monoisotopic (exact) mass is 306 g/mol. The van der Waals surface area contributed by atoms with Gasteiger partial charge in [0.1, 0.15) is 11.0 Å². The molecule has 112 valence electrons. The number of rotatable bonds is 5. The van der Waals surface area contributed by atoms with E-state index in [0.717, 1.165) is 11.1 Å². The number of aryl methyl sites for hydroxylation is 2. The van der Waals surface area contributed by atoms with E-state index in [-0.39, 0.29) is 5.91 Å². The largest absolute Gasteiger partial charge is 0.360 e. The molecule has 0 saturated carbocycles. The van der Waals surface area contributed by atoms with Gasteiger partial charge in [0.15, 0.2) is 5.82 Å². The maximum absolute atomic E-state index is 12.3. The minimum Gasteiger partial charge on any atom is -0.360 e. The van der Waals surface area contributed by atoms with Gasteiger partial charge in [0.2, 0.25) is 5.91 Å². The van der Waals surface area contributed by atoms with Gasteiger partial charge in [-0.2, -0.15) is 0 Å². The van der Waals surface area contributed by atoms with Crippen LogP contribution in [0.2, 0.25) is 0 Å². The molecule has 0 aliphatic rings. The maximum atomic E-state index is 12.3. The van der Waals surface area contributed by atoms with Crippen LogP contribution < -0.4 is 5.32 Å². The fourth-order valence-electron chi connectivity index (χ4n) is 1.82. The van der Waals surface area contributed by atoms with Crippen LogP contribution in [0.1, 0.15) is 23.8 Å². The minimum atomic E-state index is -1.29. The molecule has 5 nitrogen and oxygen atoms in total. The Labute approximate surface area is 126 Å². The number of nitrogens with zero attached hydrogens (tertiary/aromatic N) is 1. The minimum absolute atomic E-state index is 0.324. The van der Waals surface area contributed by atoms with E-state index < -0.39 is 16.0 Å². The van der Waals surface area contributed by atoms with Crippen LogP contribution in [0.5, 0.6) is 0 Å². The maximum Gasteiger partial charge on any atom is 0.241 e. The molecular weight excluding hydrogens is 288 g/mol. The lowest BCUT2D eigenvalue weighted by molar-refractivity contribution is -0.115. The predicted octanol–water partition coefficient (Wildman–Crippen LogP) is 2.57. The molecule has 0 aliphatic heterocycles. The van der Waals surface area contributed by atoms with Gasteiger partial charge in [-0.1, -0.05) is 29.4 Å². The SMILES string of the molecule is Cc1cc(NC(=O)[C@H](C)[S@](=O)Cc2ccccc2C)no1. The first-order chi connectivity index (χ1) is 9.97. The number of carbonyl (C=O) groups is 1. The third kappa shape index (κ3) is 4.01. The molecule has 1 heterocycles. The highest BCUT2D eigenvalue weighted by molar-refractivity contribution is 7.85. The Kier molecular flexibility index (Phi) is 4.90. The molecular formula is C15H18N2O3S. The van der Waals surface area contributed by atoms with Crippen LogP contribution in [0, 0.1) is 13.8 Å². The molecule has 0 bridgehead atoms. The molecule has 0 fully saturated rings. The van der Waals surface area contributed by atoms with Crippen molar-refractivity contribution in [2.24, 2.45) is 0 Å². The summed E-state index contributed by atoms with van der Waals surface area (Å²) in [6.45, 7) is 5.36. The van der Waals surface area contributed by atoms with Crippen molar-refractivity contribution in [3.63, 3.8) is 0 Å². The Bertz CT molecular complexity index is 666. The van der Waals surface area contributed by atoms with Crippen molar-refractivity contribution in [2.45, 2.75) is 31.8 Å². The van der Waals surface area contributed by atoms with Gasteiger partial charge in [0.05, 0.1) is 0 Å². The molecule has 1 N–H and O–H groups in total. The zero-order valence-corrected chi connectivity index (χ0v) is 13.1. The average Bonchev–Trinajstić information content (AvgIpc) is 2.85. The van der Waals surface area contributed by atoms with Crippen LogP contribution in [-0.4, -0.2) is 20.5 Å². The lowest BCUT2D eigenvalue weighted by Gasteiger charge is -2.11. The van der Waals surface area contributed by atoms with Crippen LogP contribution in [0.15, 0.2) is 34.9 Å². The van der Waals surface area contributed by atoms with E-state index in [1.54, 1.807) is 19.9 Å². The molecule has 0 unspecified atom stereocenters. The lowest BCUT2D eigenvalue weighted by Crippen LogP contribution is -2.30. The summed E-state index contributed by atoms with van der Waals surface area (Å²) >= 11 is 0. The summed E-state index contributed by atoms with van der Waals surface area (Å²) in [5, 5.41) is 5.67. The Balaban J connectivity index is 1.98. The summed E-state index contributed by atoms with van der Waals surface area (Å²) in [4.78, 5) is 12.1. The van der Waals surface area contributed by atoms with Crippen molar-refractivity contribution >= 4 is 22.5 Å². The summed E-state index contributed by atoms with van der Waals surface area (Å²) < 4.78 is 17.2. The number of amides is 1. The van der Waals surface area contributed by atoms with Crippen molar-refractivity contribution in [1.82, 2.24) is 5.16 Å². The molecule has 2 rings (SSSR count). The molecule has 1 aromatic heterocycles. The van der Waals surface area contributed by atoms with Crippen LogP contribution in [0.3, 0.4) is 0 Å². The summed E-state index contributed by atoms with van der Waals surface area (Å²) in [5.74, 6) is 0.991. The summed E-state index contributed by atoms with van der Waals surface area (Å²) in [7, 11) is -1.29. The Morgan fingerprint density at radius 1 is 1.38 bits per heavy atom.